The highest BCUT2D eigenvalue weighted by molar-refractivity contribution is 7.09. The van der Waals surface area contributed by atoms with Gasteiger partial charge < -0.3 is 10.1 Å². The Kier molecular flexibility index (Phi) is 4.92. The van der Waals surface area contributed by atoms with Gasteiger partial charge in [0.2, 0.25) is 0 Å². The van der Waals surface area contributed by atoms with Gasteiger partial charge in [0, 0.05) is 24.0 Å². The summed E-state index contributed by atoms with van der Waals surface area (Å²) in [5.74, 6) is 0.646. The molecule has 19 heavy (non-hydrogen) atoms. The molecular formula is C14H16N2O2S. The number of hydrogen-bond acceptors (Lipinski definition) is 4. The van der Waals surface area contributed by atoms with Gasteiger partial charge in [0.25, 0.3) is 5.91 Å². The summed E-state index contributed by atoms with van der Waals surface area (Å²) in [6.07, 6.45) is 2.63. The van der Waals surface area contributed by atoms with E-state index in [4.69, 9.17) is 4.74 Å². The van der Waals surface area contributed by atoms with Crippen molar-refractivity contribution < 1.29 is 9.53 Å². The zero-order chi connectivity index (χ0) is 13.5. The molecule has 0 atom stereocenters. The number of hydrogen-bond donors (Lipinski definition) is 1. The lowest BCUT2D eigenvalue weighted by Gasteiger charge is -2.08. The van der Waals surface area contributed by atoms with Gasteiger partial charge in [0.1, 0.15) is 5.75 Å². The van der Waals surface area contributed by atoms with Gasteiger partial charge in [-0.05, 0) is 18.6 Å². The largest absolute Gasteiger partial charge is 0.484 e. The first kappa shape index (κ1) is 13.5. The fourth-order valence-electron chi connectivity index (χ4n) is 1.60. The number of carbonyl (C=O) groups excluding carboxylic acids is 1. The lowest BCUT2D eigenvalue weighted by molar-refractivity contribution is -0.123. The summed E-state index contributed by atoms with van der Waals surface area (Å²) in [6, 6.07) is 7.65. The molecule has 1 aromatic carbocycles. The molecule has 0 saturated carbocycles. The van der Waals surface area contributed by atoms with Gasteiger partial charge in [0.15, 0.2) is 6.61 Å². The molecule has 2 rings (SSSR count). The molecule has 0 aliphatic rings. The van der Waals surface area contributed by atoms with Crippen LogP contribution in [0.3, 0.4) is 0 Å². The van der Waals surface area contributed by atoms with Crippen molar-refractivity contribution in [2.75, 3.05) is 13.2 Å². The second-order valence-electron chi connectivity index (χ2n) is 4.12. The molecule has 0 spiro atoms. The van der Waals surface area contributed by atoms with Crippen LogP contribution in [0.4, 0.5) is 0 Å². The third-order valence-electron chi connectivity index (χ3n) is 2.63. The van der Waals surface area contributed by atoms with E-state index in [1.807, 2.05) is 37.4 Å². The first-order chi connectivity index (χ1) is 9.25. The Labute approximate surface area is 116 Å². The van der Waals surface area contributed by atoms with Crippen LogP contribution < -0.4 is 10.1 Å². The Morgan fingerprint density at radius 3 is 3.00 bits per heavy atom. The van der Waals surface area contributed by atoms with Gasteiger partial charge >= 0.3 is 0 Å². The Bertz CT molecular complexity index is 526. The van der Waals surface area contributed by atoms with Gasteiger partial charge in [-0.3, -0.25) is 9.78 Å². The molecular weight excluding hydrogens is 260 g/mol. The predicted octanol–water partition coefficient (Wildman–Crippen LogP) is 2.19. The van der Waals surface area contributed by atoms with Gasteiger partial charge in [-0.2, -0.15) is 0 Å². The number of ether oxygens (including phenoxy) is 1. The topological polar surface area (TPSA) is 51.2 Å². The minimum absolute atomic E-state index is 0.0492. The van der Waals surface area contributed by atoms with E-state index in [0.29, 0.717) is 6.54 Å². The molecule has 0 saturated heterocycles. The lowest BCUT2D eigenvalue weighted by atomic mass is 10.2. The normalized spacial score (nSPS) is 10.2. The van der Waals surface area contributed by atoms with Crippen molar-refractivity contribution in [3.05, 3.63) is 46.4 Å². The highest BCUT2D eigenvalue weighted by Gasteiger charge is 2.04. The molecule has 1 amide bonds. The van der Waals surface area contributed by atoms with E-state index in [9.17, 15) is 4.79 Å². The minimum atomic E-state index is -0.104. The quantitative estimate of drug-likeness (QED) is 0.880. The number of amides is 1. The summed E-state index contributed by atoms with van der Waals surface area (Å²) >= 11 is 1.59. The molecule has 100 valence electrons. The second-order valence-corrected chi connectivity index (χ2v) is 5.09. The zero-order valence-corrected chi connectivity index (χ0v) is 11.6. The predicted molar refractivity (Wildman–Crippen MR) is 75.5 cm³/mol. The van der Waals surface area contributed by atoms with Crippen LogP contribution >= 0.6 is 11.3 Å². The van der Waals surface area contributed by atoms with Crippen molar-refractivity contribution in [1.29, 1.82) is 0 Å². The van der Waals surface area contributed by atoms with Crippen molar-refractivity contribution >= 4 is 17.2 Å². The van der Waals surface area contributed by atoms with Crippen molar-refractivity contribution in [3.63, 3.8) is 0 Å². The van der Waals surface area contributed by atoms with Crippen molar-refractivity contribution in [2.45, 2.75) is 13.3 Å². The summed E-state index contributed by atoms with van der Waals surface area (Å²) in [5.41, 5.74) is 2.82. The highest BCUT2D eigenvalue weighted by atomic mass is 32.1. The molecule has 0 aliphatic carbocycles. The number of thiazole rings is 1. The summed E-state index contributed by atoms with van der Waals surface area (Å²) < 4.78 is 5.46. The number of para-hydroxylation sites is 1. The van der Waals surface area contributed by atoms with Gasteiger partial charge in [0.05, 0.1) is 5.51 Å². The third-order valence-corrected chi connectivity index (χ3v) is 3.47. The van der Waals surface area contributed by atoms with E-state index in [-0.39, 0.29) is 12.5 Å². The minimum Gasteiger partial charge on any atom is -0.484 e. The Hall–Kier alpha value is -1.88. The van der Waals surface area contributed by atoms with E-state index < -0.39 is 0 Å². The van der Waals surface area contributed by atoms with E-state index in [1.165, 1.54) is 4.88 Å². The van der Waals surface area contributed by atoms with Crippen LogP contribution in [0.15, 0.2) is 36.0 Å². The smallest absolute Gasteiger partial charge is 0.257 e. The highest BCUT2D eigenvalue weighted by Crippen LogP contribution is 2.15. The maximum absolute atomic E-state index is 11.6. The number of benzene rings is 1. The SMILES string of the molecule is Cc1ccccc1OCC(=O)NCCc1cncs1. The number of aryl methyl sites for hydroxylation is 1. The Morgan fingerprint density at radius 2 is 2.26 bits per heavy atom. The maximum Gasteiger partial charge on any atom is 0.257 e. The first-order valence-corrected chi connectivity index (χ1v) is 6.96. The average Bonchev–Trinajstić information content (AvgIpc) is 2.91. The fourth-order valence-corrected chi connectivity index (χ4v) is 2.20. The van der Waals surface area contributed by atoms with Crippen molar-refractivity contribution in [3.8, 4) is 5.75 Å². The Balaban J connectivity index is 1.69. The molecule has 0 unspecified atom stereocenters. The van der Waals surface area contributed by atoms with E-state index in [2.05, 4.69) is 10.3 Å². The van der Waals surface area contributed by atoms with Crippen LogP contribution in [0.2, 0.25) is 0 Å². The third kappa shape index (κ3) is 4.37. The summed E-state index contributed by atoms with van der Waals surface area (Å²) in [7, 11) is 0. The Morgan fingerprint density at radius 1 is 1.42 bits per heavy atom. The average molecular weight is 276 g/mol. The van der Waals surface area contributed by atoms with E-state index in [0.717, 1.165) is 17.7 Å². The number of nitrogens with one attached hydrogen (secondary N) is 1. The maximum atomic E-state index is 11.6. The molecule has 0 radical (unpaired) electrons. The number of aromatic nitrogens is 1. The molecule has 1 N–H and O–H groups in total. The summed E-state index contributed by atoms with van der Waals surface area (Å²) in [4.78, 5) is 16.8. The number of rotatable bonds is 6. The van der Waals surface area contributed by atoms with Crippen molar-refractivity contribution in [2.24, 2.45) is 0 Å². The van der Waals surface area contributed by atoms with Gasteiger partial charge in [-0.1, -0.05) is 18.2 Å². The fraction of sp³-hybridized carbons (Fsp3) is 0.286. The van der Waals surface area contributed by atoms with Crippen molar-refractivity contribution in [1.82, 2.24) is 10.3 Å². The molecule has 2 aromatic rings. The van der Waals surface area contributed by atoms with E-state index >= 15 is 0 Å². The molecule has 0 fully saturated rings. The monoisotopic (exact) mass is 276 g/mol. The molecule has 4 nitrogen and oxygen atoms in total. The second kappa shape index (κ2) is 6.89. The first-order valence-electron chi connectivity index (χ1n) is 6.08. The molecule has 1 aromatic heterocycles. The van der Waals surface area contributed by atoms with Gasteiger partial charge in [-0.25, -0.2) is 0 Å². The van der Waals surface area contributed by atoms with Gasteiger partial charge in [-0.15, -0.1) is 11.3 Å². The van der Waals surface area contributed by atoms with E-state index in [1.54, 1.807) is 16.8 Å². The zero-order valence-electron chi connectivity index (χ0n) is 10.8. The van der Waals surface area contributed by atoms with Crippen LogP contribution in [0, 0.1) is 6.92 Å². The van der Waals surface area contributed by atoms with Crippen LogP contribution in [0.1, 0.15) is 10.4 Å². The molecule has 0 aliphatic heterocycles. The lowest BCUT2D eigenvalue weighted by Crippen LogP contribution is -2.30. The molecule has 5 heteroatoms. The summed E-state index contributed by atoms with van der Waals surface area (Å²) in [6.45, 7) is 2.61. The molecule has 0 bridgehead atoms. The van der Waals surface area contributed by atoms with Crippen LogP contribution in [0.25, 0.3) is 0 Å². The van der Waals surface area contributed by atoms with Crippen LogP contribution in [-0.4, -0.2) is 24.0 Å². The van der Waals surface area contributed by atoms with Crippen LogP contribution in [0.5, 0.6) is 5.75 Å². The standard InChI is InChI=1S/C14H16N2O2S/c1-11-4-2-3-5-13(11)18-9-14(17)16-7-6-12-8-15-10-19-12/h2-5,8,10H,6-7,9H2,1H3,(H,16,17). The number of nitrogens with zero attached hydrogens (tertiary/aromatic N) is 1. The molecule has 1 heterocycles. The summed E-state index contributed by atoms with van der Waals surface area (Å²) in [5, 5.41) is 2.83. The van der Waals surface area contributed by atoms with Crippen LogP contribution in [-0.2, 0) is 11.2 Å². The number of carbonyl (C=O) groups is 1.